The standard InChI is InChI=1S/C13H29N/c1-4-6-7-8-9-11-14-12-13(3)10-5-2/h13-14H,4-12H2,1-3H3. The Balaban J connectivity index is 2.98. The molecule has 0 fully saturated rings. The van der Waals surface area contributed by atoms with E-state index in [9.17, 15) is 0 Å². The quantitative estimate of drug-likeness (QED) is 0.525. The third-order valence-corrected chi connectivity index (χ3v) is 2.73. The number of nitrogens with one attached hydrogen (secondary N) is 1. The van der Waals surface area contributed by atoms with Crippen molar-refractivity contribution < 1.29 is 0 Å². The Morgan fingerprint density at radius 1 is 0.929 bits per heavy atom. The zero-order valence-electron chi connectivity index (χ0n) is 10.4. The highest BCUT2D eigenvalue weighted by atomic mass is 14.8. The molecule has 1 heteroatoms. The van der Waals surface area contributed by atoms with Crippen LogP contribution in [-0.4, -0.2) is 13.1 Å². The number of hydrogen-bond donors (Lipinski definition) is 1. The van der Waals surface area contributed by atoms with Gasteiger partial charge in [0.15, 0.2) is 0 Å². The van der Waals surface area contributed by atoms with Gasteiger partial charge in [0, 0.05) is 0 Å². The van der Waals surface area contributed by atoms with Crippen LogP contribution in [0, 0.1) is 5.92 Å². The maximum atomic E-state index is 3.55. The molecule has 1 atom stereocenters. The topological polar surface area (TPSA) is 12.0 Å². The predicted octanol–water partition coefficient (Wildman–Crippen LogP) is 3.98. The van der Waals surface area contributed by atoms with E-state index in [0.29, 0.717) is 0 Å². The van der Waals surface area contributed by atoms with Gasteiger partial charge in [0.2, 0.25) is 0 Å². The van der Waals surface area contributed by atoms with Crippen LogP contribution in [0.2, 0.25) is 0 Å². The van der Waals surface area contributed by atoms with Gasteiger partial charge in [-0.15, -0.1) is 0 Å². The lowest BCUT2D eigenvalue weighted by Gasteiger charge is -2.10. The second-order valence-corrected chi connectivity index (χ2v) is 4.51. The fraction of sp³-hybridized carbons (Fsp3) is 1.00. The van der Waals surface area contributed by atoms with E-state index >= 15 is 0 Å². The molecule has 14 heavy (non-hydrogen) atoms. The van der Waals surface area contributed by atoms with Crippen LogP contribution in [0.1, 0.15) is 65.7 Å². The Labute approximate surface area is 90.7 Å². The largest absolute Gasteiger partial charge is 0.316 e. The van der Waals surface area contributed by atoms with Gasteiger partial charge >= 0.3 is 0 Å². The molecule has 0 rings (SSSR count). The Hall–Kier alpha value is -0.0400. The molecule has 0 spiro atoms. The van der Waals surface area contributed by atoms with Gasteiger partial charge in [0.25, 0.3) is 0 Å². The summed E-state index contributed by atoms with van der Waals surface area (Å²) in [6.07, 6.45) is 9.62. The molecule has 1 unspecified atom stereocenters. The van der Waals surface area contributed by atoms with E-state index in [1.54, 1.807) is 0 Å². The van der Waals surface area contributed by atoms with Crippen LogP contribution in [-0.2, 0) is 0 Å². The van der Waals surface area contributed by atoms with Crippen molar-refractivity contribution in [1.82, 2.24) is 5.32 Å². The minimum absolute atomic E-state index is 0.857. The van der Waals surface area contributed by atoms with Crippen molar-refractivity contribution >= 4 is 0 Å². The van der Waals surface area contributed by atoms with E-state index in [0.717, 1.165) is 5.92 Å². The molecular formula is C13H29N. The van der Waals surface area contributed by atoms with Crippen LogP contribution in [0.4, 0.5) is 0 Å². The van der Waals surface area contributed by atoms with Crippen molar-refractivity contribution in [1.29, 1.82) is 0 Å². The fourth-order valence-corrected chi connectivity index (χ4v) is 1.80. The van der Waals surface area contributed by atoms with Crippen LogP contribution in [0.3, 0.4) is 0 Å². The summed E-state index contributed by atoms with van der Waals surface area (Å²) in [6, 6.07) is 0. The molecule has 0 aliphatic heterocycles. The normalized spacial score (nSPS) is 13.1. The van der Waals surface area contributed by atoms with Crippen molar-refractivity contribution in [3.8, 4) is 0 Å². The van der Waals surface area contributed by atoms with Crippen LogP contribution < -0.4 is 5.32 Å². The molecule has 0 aliphatic carbocycles. The molecule has 1 N–H and O–H groups in total. The summed E-state index contributed by atoms with van der Waals surface area (Å²) in [5, 5.41) is 3.55. The zero-order chi connectivity index (χ0) is 10.6. The lowest BCUT2D eigenvalue weighted by molar-refractivity contribution is 0.467. The summed E-state index contributed by atoms with van der Waals surface area (Å²) in [4.78, 5) is 0. The van der Waals surface area contributed by atoms with Gasteiger partial charge in [-0.2, -0.15) is 0 Å². The van der Waals surface area contributed by atoms with Gasteiger partial charge in [-0.05, 0) is 31.8 Å². The highest BCUT2D eigenvalue weighted by Gasteiger charge is 1.98. The minimum atomic E-state index is 0.857. The Kier molecular flexibility index (Phi) is 11.0. The predicted molar refractivity (Wildman–Crippen MR) is 65.7 cm³/mol. The number of unbranched alkanes of at least 4 members (excludes halogenated alkanes) is 4. The second-order valence-electron chi connectivity index (χ2n) is 4.51. The van der Waals surface area contributed by atoms with Crippen molar-refractivity contribution in [2.24, 2.45) is 5.92 Å². The minimum Gasteiger partial charge on any atom is -0.316 e. The summed E-state index contributed by atoms with van der Waals surface area (Å²) in [5.41, 5.74) is 0. The van der Waals surface area contributed by atoms with Crippen LogP contribution >= 0.6 is 0 Å². The molecule has 0 amide bonds. The summed E-state index contributed by atoms with van der Waals surface area (Å²) >= 11 is 0. The molecule has 1 nitrogen and oxygen atoms in total. The van der Waals surface area contributed by atoms with Gasteiger partial charge < -0.3 is 5.32 Å². The molecule has 0 heterocycles. The summed E-state index contributed by atoms with van der Waals surface area (Å²) in [6.45, 7) is 9.30. The first-order valence-electron chi connectivity index (χ1n) is 6.52. The maximum Gasteiger partial charge on any atom is -0.00232 e. The van der Waals surface area contributed by atoms with Crippen LogP contribution in [0.25, 0.3) is 0 Å². The molecule has 0 radical (unpaired) electrons. The summed E-state index contributed by atoms with van der Waals surface area (Å²) in [5.74, 6) is 0.857. The summed E-state index contributed by atoms with van der Waals surface area (Å²) in [7, 11) is 0. The molecule has 0 saturated heterocycles. The fourth-order valence-electron chi connectivity index (χ4n) is 1.80. The third-order valence-electron chi connectivity index (χ3n) is 2.73. The molecule has 0 aromatic rings. The molecular weight excluding hydrogens is 170 g/mol. The van der Waals surface area contributed by atoms with Gasteiger partial charge in [-0.25, -0.2) is 0 Å². The van der Waals surface area contributed by atoms with E-state index in [2.05, 4.69) is 26.1 Å². The van der Waals surface area contributed by atoms with Crippen molar-refractivity contribution in [3.05, 3.63) is 0 Å². The smallest absolute Gasteiger partial charge is 0.00232 e. The average Bonchev–Trinajstić information content (AvgIpc) is 2.17. The zero-order valence-corrected chi connectivity index (χ0v) is 10.4. The van der Waals surface area contributed by atoms with Crippen LogP contribution in [0.15, 0.2) is 0 Å². The first kappa shape index (κ1) is 14.0. The van der Waals surface area contributed by atoms with Gasteiger partial charge in [0.05, 0.1) is 0 Å². The molecule has 86 valence electrons. The van der Waals surface area contributed by atoms with Crippen LogP contribution in [0.5, 0.6) is 0 Å². The van der Waals surface area contributed by atoms with E-state index in [1.165, 1.54) is 58.0 Å². The third kappa shape index (κ3) is 10.0. The number of hydrogen-bond acceptors (Lipinski definition) is 1. The molecule has 0 aromatic heterocycles. The Morgan fingerprint density at radius 2 is 1.64 bits per heavy atom. The van der Waals surface area contributed by atoms with E-state index in [4.69, 9.17) is 0 Å². The number of rotatable bonds is 10. The SMILES string of the molecule is CCCCCCCNCC(C)CCC. The first-order chi connectivity index (χ1) is 6.81. The van der Waals surface area contributed by atoms with Crippen molar-refractivity contribution in [3.63, 3.8) is 0 Å². The lowest BCUT2D eigenvalue weighted by atomic mass is 10.1. The van der Waals surface area contributed by atoms with E-state index in [-0.39, 0.29) is 0 Å². The van der Waals surface area contributed by atoms with Gasteiger partial charge in [-0.1, -0.05) is 52.9 Å². The highest BCUT2D eigenvalue weighted by molar-refractivity contribution is 4.56. The molecule has 0 aromatic carbocycles. The second kappa shape index (κ2) is 11.0. The van der Waals surface area contributed by atoms with E-state index in [1.807, 2.05) is 0 Å². The molecule has 0 aliphatic rings. The monoisotopic (exact) mass is 199 g/mol. The van der Waals surface area contributed by atoms with Gasteiger partial charge in [-0.3, -0.25) is 0 Å². The lowest BCUT2D eigenvalue weighted by Crippen LogP contribution is -2.22. The van der Waals surface area contributed by atoms with Crippen molar-refractivity contribution in [2.75, 3.05) is 13.1 Å². The molecule has 0 saturated carbocycles. The Morgan fingerprint density at radius 3 is 2.29 bits per heavy atom. The highest BCUT2D eigenvalue weighted by Crippen LogP contribution is 2.04. The average molecular weight is 199 g/mol. The van der Waals surface area contributed by atoms with E-state index < -0.39 is 0 Å². The first-order valence-corrected chi connectivity index (χ1v) is 6.52. The van der Waals surface area contributed by atoms with Gasteiger partial charge in [0.1, 0.15) is 0 Å². The maximum absolute atomic E-state index is 3.55. The Bertz CT molecular complexity index is 101. The summed E-state index contributed by atoms with van der Waals surface area (Å²) < 4.78 is 0. The molecule has 0 bridgehead atoms. The van der Waals surface area contributed by atoms with Crippen molar-refractivity contribution in [2.45, 2.75) is 65.7 Å².